The Balaban J connectivity index is 2.67. The number of aryl methyl sites for hydroxylation is 1. The van der Waals surface area contributed by atoms with Crippen molar-refractivity contribution < 1.29 is 9.59 Å². The zero-order valence-electron chi connectivity index (χ0n) is 12.8. The van der Waals surface area contributed by atoms with E-state index in [2.05, 4.69) is 12.2 Å². The number of rotatable bonds is 7. The molecule has 0 aromatic heterocycles. The molecule has 0 bridgehead atoms. The average molecular weight is 276 g/mol. The summed E-state index contributed by atoms with van der Waals surface area (Å²) in [6.07, 6.45) is 0.959. The highest BCUT2D eigenvalue weighted by Crippen LogP contribution is 2.10. The van der Waals surface area contributed by atoms with E-state index in [0.29, 0.717) is 12.1 Å². The predicted octanol–water partition coefficient (Wildman–Crippen LogP) is 1.89. The Labute approximate surface area is 121 Å². The number of carbonyl (C=O) groups is 2. The van der Waals surface area contributed by atoms with Gasteiger partial charge in [0.1, 0.15) is 0 Å². The number of Topliss-reactive ketones (excluding diaryl/α,β-unsaturated/α-hetero) is 1. The molecule has 1 N–H and O–H groups in total. The van der Waals surface area contributed by atoms with Crippen LogP contribution < -0.4 is 5.32 Å². The van der Waals surface area contributed by atoms with Gasteiger partial charge in [-0.3, -0.25) is 14.5 Å². The second-order valence-electron chi connectivity index (χ2n) is 4.96. The first kappa shape index (κ1) is 16.4. The third-order valence-electron chi connectivity index (χ3n) is 3.45. The molecule has 1 unspecified atom stereocenters. The molecule has 1 aromatic rings. The van der Waals surface area contributed by atoms with Crippen molar-refractivity contribution in [2.75, 3.05) is 20.1 Å². The largest absolute Gasteiger partial charge is 0.355 e. The maximum atomic E-state index is 12.4. The SMILES string of the molecule is CCNC(=O)CN(C)C(C)C(=O)c1ccc(CC)cc1. The number of nitrogens with one attached hydrogen (secondary N) is 1. The molecule has 0 radical (unpaired) electrons. The van der Waals surface area contributed by atoms with Gasteiger partial charge < -0.3 is 5.32 Å². The van der Waals surface area contributed by atoms with E-state index in [-0.39, 0.29) is 24.3 Å². The number of likely N-dealkylation sites (N-methyl/N-ethyl adjacent to an activating group) is 2. The van der Waals surface area contributed by atoms with Gasteiger partial charge in [0.2, 0.25) is 5.91 Å². The minimum atomic E-state index is -0.315. The van der Waals surface area contributed by atoms with E-state index in [4.69, 9.17) is 0 Å². The van der Waals surface area contributed by atoms with Crippen molar-refractivity contribution in [3.8, 4) is 0 Å². The van der Waals surface area contributed by atoms with Crippen molar-refractivity contribution in [3.63, 3.8) is 0 Å². The number of hydrogen-bond acceptors (Lipinski definition) is 3. The normalized spacial score (nSPS) is 12.2. The van der Waals surface area contributed by atoms with Gasteiger partial charge in [-0.25, -0.2) is 0 Å². The highest BCUT2D eigenvalue weighted by atomic mass is 16.2. The zero-order chi connectivity index (χ0) is 15.1. The first-order valence-corrected chi connectivity index (χ1v) is 7.09. The molecule has 0 saturated heterocycles. The molecule has 0 heterocycles. The van der Waals surface area contributed by atoms with E-state index >= 15 is 0 Å². The van der Waals surface area contributed by atoms with Crippen LogP contribution in [0.1, 0.15) is 36.7 Å². The van der Waals surface area contributed by atoms with Crippen LogP contribution in [-0.4, -0.2) is 42.8 Å². The van der Waals surface area contributed by atoms with Crippen LogP contribution >= 0.6 is 0 Å². The fourth-order valence-corrected chi connectivity index (χ4v) is 1.96. The summed E-state index contributed by atoms with van der Waals surface area (Å²) < 4.78 is 0. The second kappa shape index (κ2) is 7.80. The molecule has 1 amide bonds. The van der Waals surface area contributed by atoms with Crippen LogP contribution in [0.3, 0.4) is 0 Å². The van der Waals surface area contributed by atoms with Gasteiger partial charge in [0.25, 0.3) is 0 Å². The van der Waals surface area contributed by atoms with Crippen LogP contribution in [0.4, 0.5) is 0 Å². The van der Waals surface area contributed by atoms with Gasteiger partial charge in [-0.1, -0.05) is 31.2 Å². The van der Waals surface area contributed by atoms with Gasteiger partial charge in [-0.15, -0.1) is 0 Å². The molecule has 0 saturated carbocycles. The number of benzene rings is 1. The van der Waals surface area contributed by atoms with Crippen LogP contribution in [0.25, 0.3) is 0 Å². The van der Waals surface area contributed by atoms with Crippen molar-refractivity contribution in [3.05, 3.63) is 35.4 Å². The smallest absolute Gasteiger partial charge is 0.234 e. The lowest BCUT2D eigenvalue weighted by atomic mass is 10.0. The molecule has 4 nitrogen and oxygen atoms in total. The summed E-state index contributed by atoms with van der Waals surface area (Å²) in [5.41, 5.74) is 1.90. The minimum Gasteiger partial charge on any atom is -0.355 e. The van der Waals surface area contributed by atoms with Gasteiger partial charge in [-0.2, -0.15) is 0 Å². The molecule has 110 valence electrons. The van der Waals surface area contributed by atoms with E-state index in [1.807, 2.05) is 38.1 Å². The van der Waals surface area contributed by atoms with E-state index in [9.17, 15) is 9.59 Å². The summed E-state index contributed by atoms with van der Waals surface area (Å²) in [6.45, 7) is 6.62. The lowest BCUT2D eigenvalue weighted by Crippen LogP contribution is -2.42. The number of carbonyl (C=O) groups excluding carboxylic acids is 2. The third kappa shape index (κ3) is 4.46. The molecule has 1 aromatic carbocycles. The van der Waals surface area contributed by atoms with Crippen LogP contribution in [0.2, 0.25) is 0 Å². The maximum absolute atomic E-state index is 12.4. The summed E-state index contributed by atoms with van der Waals surface area (Å²) in [7, 11) is 1.79. The highest BCUT2D eigenvalue weighted by molar-refractivity contribution is 6.00. The van der Waals surface area contributed by atoms with Gasteiger partial charge in [0.15, 0.2) is 5.78 Å². The Bertz CT molecular complexity index is 454. The van der Waals surface area contributed by atoms with E-state index in [1.54, 1.807) is 11.9 Å². The zero-order valence-corrected chi connectivity index (χ0v) is 12.8. The summed E-state index contributed by atoms with van der Waals surface area (Å²) in [6, 6.07) is 7.35. The molecule has 0 spiro atoms. The Kier molecular flexibility index (Phi) is 6.39. The summed E-state index contributed by atoms with van der Waals surface area (Å²) in [5.74, 6) is -0.0181. The topological polar surface area (TPSA) is 49.4 Å². The van der Waals surface area contributed by atoms with Crippen molar-refractivity contribution in [2.45, 2.75) is 33.2 Å². The Morgan fingerprint density at radius 1 is 1.20 bits per heavy atom. The van der Waals surface area contributed by atoms with Gasteiger partial charge in [0.05, 0.1) is 12.6 Å². The number of hydrogen-bond donors (Lipinski definition) is 1. The fourth-order valence-electron chi connectivity index (χ4n) is 1.96. The Morgan fingerprint density at radius 3 is 2.30 bits per heavy atom. The maximum Gasteiger partial charge on any atom is 0.234 e. The fraction of sp³-hybridized carbons (Fsp3) is 0.500. The first-order valence-electron chi connectivity index (χ1n) is 7.09. The molecular formula is C16H24N2O2. The van der Waals surface area contributed by atoms with E-state index in [1.165, 1.54) is 5.56 Å². The monoisotopic (exact) mass is 276 g/mol. The quantitative estimate of drug-likeness (QED) is 0.774. The third-order valence-corrected chi connectivity index (χ3v) is 3.45. The van der Waals surface area contributed by atoms with Gasteiger partial charge in [0, 0.05) is 12.1 Å². The lowest BCUT2D eigenvalue weighted by molar-refractivity contribution is -0.122. The number of nitrogens with zero attached hydrogens (tertiary/aromatic N) is 1. The molecule has 1 atom stereocenters. The van der Waals surface area contributed by atoms with Crippen molar-refractivity contribution in [2.24, 2.45) is 0 Å². The van der Waals surface area contributed by atoms with Crippen LogP contribution in [0.5, 0.6) is 0 Å². The Hall–Kier alpha value is -1.68. The molecular weight excluding hydrogens is 252 g/mol. The summed E-state index contributed by atoms with van der Waals surface area (Å²) in [5, 5.41) is 2.73. The average Bonchev–Trinajstić information content (AvgIpc) is 2.46. The second-order valence-corrected chi connectivity index (χ2v) is 4.96. The van der Waals surface area contributed by atoms with Crippen molar-refractivity contribution >= 4 is 11.7 Å². The first-order chi connectivity index (χ1) is 9.49. The number of amides is 1. The molecule has 0 fully saturated rings. The van der Waals surface area contributed by atoms with Crippen molar-refractivity contribution in [1.82, 2.24) is 10.2 Å². The molecule has 0 aliphatic rings. The standard InChI is InChI=1S/C16H24N2O2/c1-5-13-7-9-14(10-8-13)16(20)12(3)18(4)11-15(19)17-6-2/h7-10,12H,5-6,11H2,1-4H3,(H,17,19). The predicted molar refractivity (Wildman–Crippen MR) is 80.9 cm³/mol. The van der Waals surface area contributed by atoms with Crippen LogP contribution in [0.15, 0.2) is 24.3 Å². The van der Waals surface area contributed by atoms with Gasteiger partial charge in [-0.05, 0) is 32.9 Å². The van der Waals surface area contributed by atoms with E-state index in [0.717, 1.165) is 6.42 Å². The summed E-state index contributed by atoms with van der Waals surface area (Å²) >= 11 is 0. The van der Waals surface area contributed by atoms with Crippen molar-refractivity contribution in [1.29, 1.82) is 0 Å². The molecule has 4 heteroatoms. The lowest BCUT2D eigenvalue weighted by Gasteiger charge is -2.23. The Morgan fingerprint density at radius 2 is 1.80 bits per heavy atom. The van der Waals surface area contributed by atoms with E-state index < -0.39 is 0 Å². The molecule has 20 heavy (non-hydrogen) atoms. The molecule has 0 aliphatic carbocycles. The minimum absolute atomic E-state index is 0.0412. The molecule has 0 aliphatic heterocycles. The summed E-state index contributed by atoms with van der Waals surface area (Å²) in [4.78, 5) is 25.7. The number of ketones is 1. The van der Waals surface area contributed by atoms with Gasteiger partial charge >= 0.3 is 0 Å². The van der Waals surface area contributed by atoms with Crippen LogP contribution in [-0.2, 0) is 11.2 Å². The molecule has 1 rings (SSSR count). The van der Waals surface area contributed by atoms with Crippen LogP contribution in [0, 0.1) is 0 Å². The highest BCUT2D eigenvalue weighted by Gasteiger charge is 2.21.